The van der Waals surface area contributed by atoms with Gasteiger partial charge in [0, 0.05) is 10.1 Å². The van der Waals surface area contributed by atoms with Crippen molar-refractivity contribution in [2.45, 2.75) is 12.1 Å². The summed E-state index contributed by atoms with van der Waals surface area (Å²) in [5.74, 6) is 1.40. The molecule has 18 heavy (non-hydrogen) atoms. The van der Waals surface area contributed by atoms with E-state index in [2.05, 4.69) is 10.2 Å². The summed E-state index contributed by atoms with van der Waals surface area (Å²) in [5.41, 5.74) is 0. The van der Waals surface area contributed by atoms with Crippen LogP contribution < -0.4 is 0 Å². The Kier molecular flexibility index (Phi) is 3.28. The summed E-state index contributed by atoms with van der Waals surface area (Å²) in [6, 6.07) is 7.99. The minimum absolute atomic E-state index is 0.497. The molecule has 0 atom stereocenters. The fourth-order valence-electron chi connectivity index (χ4n) is 1.63. The molecule has 0 amide bonds. The van der Waals surface area contributed by atoms with E-state index in [0.717, 1.165) is 20.7 Å². The molecule has 0 radical (unpaired) electrons. The number of hydrogen-bond acceptors (Lipinski definition) is 5. The standard InChI is InChI=1S/C12H9ClN2OS2/c1-2-17-12-15-14-11(16-12)10-9(13)7-5-3-4-6-8(7)18-10/h3-6H,2H2,1H3. The van der Waals surface area contributed by atoms with Crippen LogP contribution in [0.3, 0.4) is 0 Å². The van der Waals surface area contributed by atoms with Gasteiger partial charge >= 0.3 is 0 Å². The molecule has 3 rings (SSSR count). The van der Waals surface area contributed by atoms with Crippen LogP contribution in [0.1, 0.15) is 6.92 Å². The smallest absolute Gasteiger partial charge is 0.276 e. The van der Waals surface area contributed by atoms with E-state index < -0.39 is 0 Å². The fourth-order valence-corrected chi connectivity index (χ4v) is 3.55. The molecule has 0 aliphatic heterocycles. The van der Waals surface area contributed by atoms with Gasteiger partial charge in [-0.3, -0.25) is 0 Å². The molecular formula is C12H9ClN2OS2. The third kappa shape index (κ3) is 2.02. The van der Waals surface area contributed by atoms with Crippen molar-refractivity contribution in [2.75, 3.05) is 5.75 Å². The van der Waals surface area contributed by atoms with Gasteiger partial charge in [0.25, 0.3) is 11.1 Å². The average molecular weight is 297 g/mol. The largest absolute Gasteiger partial charge is 0.410 e. The Bertz CT molecular complexity index is 692. The van der Waals surface area contributed by atoms with Gasteiger partial charge in [-0.15, -0.1) is 21.5 Å². The van der Waals surface area contributed by atoms with Gasteiger partial charge in [-0.25, -0.2) is 0 Å². The Hall–Kier alpha value is -1.04. The second kappa shape index (κ2) is 4.91. The molecule has 0 aliphatic carbocycles. The normalized spacial score (nSPS) is 11.2. The van der Waals surface area contributed by atoms with Gasteiger partial charge < -0.3 is 4.42 Å². The van der Waals surface area contributed by atoms with Crippen LogP contribution >= 0.6 is 34.7 Å². The zero-order chi connectivity index (χ0) is 12.5. The molecule has 6 heteroatoms. The Balaban J connectivity index is 2.10. The predicted molar refractivity (Wildman–Crippen MR) is 76.5 cm³/mol. The highest BCUT2D eigenvalue weighted by Crippen LogP contribution is 2.41. The van der Waals surface area contributed by atoms with Gasteiger partial charge in [0.05, 0.1) is 5.02 Å². The molecule has 3 aromatic rings. The van der Waals surface area contributed by atoms with Gasteiger partial charge in [-0.05, 0) is 11.8 Å². The van der Waals surface area contributed by atoms with Crippen molar-refractivity contribution in [3.8, 4) is 10.8 Å². The summed E-state index contributed by atoms with van der Waals surface area (Å²) < 4.78 is 6.71. The molecule has 3 nitrogen and oxygen atoms in total. The van der Waals surface area contributed by atoms with Gasteiger partial charge in [0.2, 0.25) is 0 Å². The van der Waals surface area contributed by atoms with Gasteiger partial charge in [-0.2, -0.15) is 0 Å². The van der Waals surface area contributed by atoms with E-state index in [0.29, 0.717) is 16.1 Å². The van der Waals surface area contributed by atoms with Gasteiger partial charge in [0.1, 0.15) is 4.88 Å². The van der Waals surface area contributed by atoms with Crippen LogP contribution in [0.25, 0.3) is 20.9 Å². The number of thiophene rings is 1. The van der Waals surface area contributed by atoms with E-state index in [1.54, 1.807) is 11.3 Å². The highest BCUT2D eigenvalue weighted by Gasteiger charge is 2.17. The lowest BCUT2D eigenvalue weighted by Gasteiger charge is -1.90. The second-order valence-corrected chi connectivity index (χ2v) is 6.19. The average Bonchev–Trinajstić information content (AvgIpc) is 2.96. The first-order valence-corrected chi connectivity index (χ1v) is 7.61. The molecule has 0 unspecified atom stereocenters. The molecule has 2 aromatic heterocycles. The van der Waals surface area contributed by atoms with E-state index in [4.69, 9.17) is 16.0 Å². The second-order valence-electron chi connectivity index (χ2n) is 3.55. The number of aromatic nitrogens is 2. The monoisotopic (exact) mass is 296 g/mol. The summed E-state index contributed by atoms with van der Waals surface area (Å²) in [4.78, 5) is 0.841. The first kappa shape index (κ1) is 12.0. The predicted octanol–water partition coefficient (Wildman–Crippen LogP) is 4.72. The Morgan fingerprint density at radius 1 is 1.33 bits per heavy atom. The van der Waals surface area contributed by atoms with Crippen molar-refractivity contribution in [1.82, 2.24) is 10.2 Å². The van der Waals surface area contributed by atoms with E-state index in [1.807, 2.05) is 31.2 Å². The quantitative estimate of drug-likeness (QED) is 0.656. The maximum absolute atomic E-state index is 6.35. The van der Waals surface area contributed by atoms with Crippen LogP contribution in [0, 0.1) is 0 Å². The topological polar surface area (TPSA) is 38.9 Å². The summed E-state index contributed by atoms with van der Waals surface area (Å²) in [6.07, 6.45) is 0. The number of halogens is 1. The van der Waals surface area contributed by atoms with Gasteiger partial charge in [-0.1, -0.05) is 48.5 Å². The molecule has 0 fully saturated rings. The summed E-state index contributed by atoms with van der Waals surface area (Å²) in [5, 5.41) is 10.3. The molecule has 2 heterocycles. The number of nitrogens with zero attached hydrogens (tertiary/aromatic N) is 2. The summed E-state index contributed by atoms with van der Waals surface area (Å²) >= 11 is 9.45. The first-order valence-electron chi connectivity index (χ1n) is 5.43. The number of hydrogen-bond donors (Lipinski definition) is 0. The molecule has 0 saturated heterocycles. The van der Waals surface area contributed by atoms with Crippen molar-refractivity contribution in [2.24, 2.45) is 0 Å². The van der Waals surface area contributed by atoms with E-state index in [1.165, 1.54) is 11.8 Å². The van der Waals surface area contributed by atoms with Crippen LogP contribution in [0.4, 0.5) is 0 Å². The van der Waals surface area contributed by atoms with Crippen LogP contribution in [-0.4, -0.2) is 16.0 Å². The number of rotatable bonds is 3. The lowest BCUT2D eigenvalue weighted by Crippen LogP contribution is -1.73. The molecule has 92 valence electrons. The zero-order valence-electron chi connectivity index (χ0n) is 9.51. The third-order valence-electron chi connectivity index (χ3n) is 2.40. The zero-order valence-corrected chi connectivity index (χ0v) is 11.9. The summed E-state index contributed by atoms with van der Waals surface area (Å²) in [6.45, 7) is 2.04. The lowest BCUT2D eigenvalue weighted by atomic mass is 10.2. The summed E-state index contributed by atoms with van der Waals surface area (Å²) in [7, 11) is 0. The van der Waals surface area contributed by atoms with Crippen molar-refractivity contribution in [1.29, 1.82) is 0 Å². The SMILES string of the molecule is CCSc1nnc(-c2sc3ccccc3c2Cl)o1. The first-order chi connectivity index (χ1) is 8.79. The molecule has 0 spiro atoms. The maximum Gasteiger partial charge on any atom is 0.276 e. The molecule has 0 aliphatic rings. The lowest BCUT2D eigenvalue weighted by molar-refractivity contribution is 0.467. The maximum atomic E-state index is 6.35. The molecule has 0 N–H and O–H groups in total. The Morgan fingerprint density at radius 2 is 2.17 bits per heavy atom. The minimum atomic E-state index is 0.497. The van der Waals surface area contributed by atoms with Crippen molar-refractivity contribution in [3.05, 3.63) is 29.3 Å². The number of fused-ring (bicyclic) bond motifs is 1. The number of thioether (sulfide) groups is 1. The van der Waals surface area contributed by atoms with Crippen molar-refractivity contribution < 1.29 is 4.42 Å². The highest BCUT2D eigenvalue weighted by atomic mass is 35.5. The van der Waals surface area contributed by atoms with Crippen molar-refractivity contribution in [3.63, 3.8) is 0 Å². The van der Waals surface area contributed by atoms with E-state index >= 15 is 0 Å². The Morgan fingerprint density at radius 3 is 2.94 bits per heavy atom. The molecule has 0 saturated carbocycles. The van der Waals surface area contributed by atoms with Crippen LogP contribution in [0.15, 0.2) is 33.9 Å². The van der Waals surface area contributed by atoms with Crippen molar-refractivity contribution >= 4 is 44.8 Å². The Labute approximate surface area is 117 Å². The molecular weight excluding hydrogens is 288 g/mol. The minimum Gasteiger partial charge on any atom is -0.410 e. The van der Waals surface area contributed by atoms with E-state index in [9.17, 15) is 0 Å². The van der Waals surface area contributed by atoms with Crippen LogP contribution in [-0.2, 0) is 0 Å². The third-order valence-corrected chi connectivity index (χ3v) is 4.77. The van der Waals surface area contributed by atoms with Crippen LogP contribution in [0.2, 0.25) is 5.02 Å². The van der Waals surface area contributed by atoms with Crippen LogP contribution in [0.5, 0.6) is 0 Å². The fraction of sp³-hybridized carbons (Fsp3) is 0.167. The van der Waals surface area contributed by atoms with Gasteiger partial charge in [0.15, 0.2) is 0 Å². The van der Waals surface area contributed by atoms with E-state index in [-0.39, 0.29) is 0 Å². The molecule has 0 bridgehead atoms. The highest BCUT2D eigenvalue weighted by molar-refractivity contribution is 7.99. The molecule has 1 aromatic carbocycles. The number of benzene rings is 1.